The molecule has 5 nitrogen and oxygen atoms in total. The molecule has 0 fully saturated rings. The number of ketones is 1. The molecule has 3 heterocycles. The maximum absolute atomic E-state index is 12.0. The van der Waals surface area contributed by atoms with Gasteiger partial charge in [-0.1, -0.05) is 6.07 Å². The first kappa shape index (κ1) is 18.1. The molecule has 1 aliphatic heterocycles. The SMILES string of the molecule is COc1ccc(/C=C/C(=O)CCCCc2ccc3c(n2)NCCC3)cn1. The van der Waals surface area contributed by atoms with Gasteiger partial charge in [-0.3, -0.25) is 4.79 Å². The van der Waals surface area contributed by atoms with Crippen molar-refractivity contribution < 1.29 is 9.53 Å². The Kier molecular flexibility index (Phi) is 6.36. The minimum absolute atomic E-state index is 0.140. The maximum atomic E-state index is 12.0. The standard InChI is InChI=1S/C21H25N3O2/c1-26-20-13-9-16(15-23-20)8-12-19(25)7-3-2-6-18-11-10-17-5-4-14-22-21(17)24-18/h8-13,15H,2-7,14H2,1H3,(H,22,24)/b12-8+. The Labute approximate surface area is 154 Å². The molecule has 5 heteroatoms. The number of fused-ring (bicyclic) bond motifs is 1. The van der Waals surface area contributed by atoms with Crippen LogP contribution < -0.4 is 10.1 Å². The lowest BCUT2D eigenvalue weighted by molar-refractivity contribution is -0.114. The summed E-state index contributed by atoms with van der Waals surface area (Å²) in [6, 6.07) is 7.96. The van der Waals surface area contributed by atoms with E-state index in [4.69, 9.17) is 9.72 Å². The molecule has 0 amide bonds. The minimum Gasteiger partial charge on any atom is -0.481 e. The topological polar surface area (TPSA) is 64.1 Å². The number of aromatic nitrogens is 2. The number of aryl methyl sites for hydroxylation is 2. The van der Waals surface area contributed by atoms with Crippen molar-refractivity contribution in [2.24, 2.45) is 0 Å². The molecular weight excluding hydrogens is 326 g/mol. The number of allylic oxidation sites excluding steroid dienone is 1. The van der Waals surface area contributed by atoms with E-state index in [9.17, 15) is 4.79 Å². The van der Waals surface area contributed by atoms with E-state index in [0.29, 0.717) is 12.3 Å². The first-order valence-electron chi connectivity index (χ1n) is 9.18. The van der Waals surface area contributed by atoms with Gasteiger partial charge in [0.1, 0.15) is 5.82 Å². The molecule has 0 bridgehead atoms. The Morgan fingerprint density at radius 3 is 3.00 bits per heavy atom. The monoisotopic (exact) mass is 351 g/mol. The minimum atomic E-state index is 0.140. The lowest BCUT2D eigenvalue weighted by Crippen LogP contribution is -2.14. The summed E-state index contributed by atoms with van der Waals surface area (Å²) in [6.45, 7) is 1.01. The van der Waals surface area contributed by atoms with Gasteiger partial charge in [-0.05, 0) is 67.5 Å². The lowest BCUT2D eigenvalue weighted by Gasteiger charge is -2.17. The van der Waals surface area contributed by atoms with Gasteiger partial charge >= 0.3 is 0 Å². The van der Waals surface area contributed by atoms with E-state index in [-0.39, 0.29) is 5.78 Å². The molecule has 26 heavy (non-hydrogen) atoms. The first-order chi connectivity index (χ1) is 12.7. The Bertz CT molecular complexity index is 769. The first-order valence-corrected chi connectivity index (χ1v) is 9.18. The largest absolute Gasteiger partial charge is 0.481 e. The zero-order valence-corrected chi connectivity index (χ0v) is 15.2. The molecule has 0 saturated carbocycles. The molecule has 0 unspecified atom stereocenters. The van der Waals surface area contributed by atoms with Crippen molar-refractivity contribution in [3.63, 3.8) is 0 Å². The van der Waals surface area contributed by atoms with Gasteiger partial charge < -0.3 is 10.1 Å². The van der Waals surface area contributed by atoms with Gasteiger partial charge in [0.05, 0.1) is 7.11 Å². The van der Waals surface area contributed by atoms with Crippen molar-refractivity contribution in [2.45, 2.75) is 38.5 Å². The van der Waals surface area contributed by atoms with Gasteiger partial charge in [0.25, 0.3) is 0 Å². The molecule has 0 atom stereocenters. The number of hydrogen-bond acceptors (Lipinski definition) is 5. The van der Waals surface area contributed by atoms with Gasteiger partial charge in [0.2, 0.25) is 5.88 Å². The number of hydrogen-bond donors (Lipinski definition) is 1. The molecule has 136 valence electrons. The Balaban J connectivity index is 1.40. The predicted molar refractivity (Wildman–Crippen MR) is 103 cm³/mol. The van der Waals surface area contributed by atoms with Crippen molar-refractivity contribution in [1.82, 2.24) is 9.97 Å². The number of nitrogens with zero attached hydrogens (tertiary/aromatic N) is 2. The van der Waals surface area contributed by atoms with Crippen LogP contribution in [0.4, 0.5) is 5.82 Å². The Morgan fingerprint density at radius 2 is 2.19 bits per heavy atom. The molecule has 1 N–H and O–H groups in total. The summed E-state index contributed by atoms with van der Waals surface area (Å²) in [4.78, 5) is 20.8. The number of rotatable bonds is 8. The fourth-order valence-electron chi connectivity index (χ4n) is 3.00. The maximum Gasteiger partial charge on any atom is 0.212 e. The smallest absolute Gasteiger partial charge is 0.212 e. The number of anilines is 1. The van der Waals surface area contributed by atoms with E-state index < -0.39 is 0 Å². The molecule has 0 aliphatic carbocycles. The second-order valence-corrected chi connectivity index (χ2v) is 6.48. The quantitative estimate of drug-likeness (QED) is 0.578. The zero-order valence-electron chi connectivity index (χ0n) is 15.2. The normalized spacial score (nSPS) is 13.3. The van der Waals surface area contributed by atoms with Crippen LogP contribution in [0.25, 0.3) is 6.08 Å². The average Bonchev–Trinajstić information content (AvgIpc) is 2.70. The summed E-state index contributed by atoms with van der Waals surface area (Å²) in [5.74, 6) is 1.75. The molecule has 1 aliphatic rings. The van der Waals surface area contributed by atoms with E-state index in [0.717, 1.165) is 49.3 Å². The van der Waals surface area contributed by atoms with Crippen LogP contribution in [0.5, 0.6) is 5.88 Å². The van der Waals surface area contributed by atoms with E-state index in [1.165, 1.54) is 12.0 Å². The molecule has 0 spiro atoms. The van der Waals surface area contributed by atoms with Crippen LogP contribution in [0.15, 0.2) is 36.5 Å². The van der Waals surface area contributed by atoms with Gasteiger partial charge in [-0.15, -0.1) is 0 Å². The molecule has 0 aromatic carbocycles. The van der Waals surface area contributed by atoms with Crippen LogP contribution in [0.3, 0.4) is 0 Å². The summed E-state index contributed by atoms with van der Waals surface area (Å²) in [5.41, 5.74) is 3.31. The van der Waals surface area contributed by atoms with E-state index in [2.05, 4.69) is 22.4 Å². The molecular formula is C21H25N3O2. The highest BCUT2D eigenvalue weighted by molar-refractivity contribution is 5.93. The number of methoxy groups -OCH3 is 1. The van der Waals surface area contributed by atoms with Crippen LogP contribution in [-0.2, 0) is 17.6 Å². The number of unbranched alkanes of at least 4 members (excludes halogenated alkanes) is 1. The summed E-state index contributed by atoms with van der Waals surface area (Å²) < 4.78 is 5.02. The number of carbonyl (C=O) groups excluding carboxylic acids is 1. The van der Waals surface area contributed by atoms with Gasteiger partial charge in [0.15, 0.2) is 5.78 Å². The highest BCUT2D eigenvalue weighted by Crippen LogP contribution is 2.20. The Morgan fingerprint density at radius 1 is 1.27 bits per heavy atom. The highest BCUT2D eigenvalue weighted by atomic mass is 16.5. The average molecular weight is 351 g/mol. The van der Waals surface area contributed by atoms with Crippen molar-refractivity contribution in [3.8, 4) is 5.88 Å². The third kappa shape index (κ3) is 5.15. The lowest BCUT2D eigenvalue weighted by atomic mass is 10.0. The summed E-state index contributed by atoms with van der Waals surface area (Å²) in [6.07, 6.45) is 10.7. The molecule has 0 saturated heterocycles. The third-order valence-electron chi connectivity index (χ3n) is 4.49. The van der Waals surface area contributed by atoms with E-state index >= 15 is 0 Å². The van der Waals surface area contributed by atoms with Crippen molar-refractivity contribution in [3.05, 3.63) is 53.4 Å². The molecule has 0 radical (unpaired) electrons. The summed E-state index contributed by atoms with van der Waals surface area (Å²) >= 11 is 0. The fraction of sp³-hybridized carbons (Fsp3) is 0.381. The van der Waals surface area contributed by atoms with Crippen LogP contribution in [0.2, 0.25) is 0 Å². The van der Waals surface area contributed by atoms with Crippen LogP contribution in [-0.4, -0.2) is 29.4 Å². The number of ether oxygens (including phenoxy) is 1. The molecule has 2 aromatic rings. The van der Waals surface area contributed by atoms with Crippen LogP contribution in [0, 0.1) is 0 Å². The van der Waals surface area contributed by atoms with Crippen LogP contribution >= 0.6 is 0 Å². The van der Waals surface area contributed by atoms with Gasteiger partial charge in [-0.2, -0.15) is 0 Å². The second-order valence-electron chi connectivity index (χ2n) is 6.48. The number of nitrogens with one attached hydrogen (secondary N) is 1. The summed E-state index contributed by atoms with van der Waals surface area (Å²) in [5, 5.41) is 3.36. The predicted octanol–water partition coefficient (Wildman–Crippen LogP) is 3.84. The summed E-state index contributed by atoms with van der Waals surface area (Å²) in [7, 11) is 1.58. The third-order valence-corrected chi connectivity index (χ3v) is 4.49. The van der Waals surface area contributed by atoms with Gasteiger partial charge in [-0.25, -0.2) is 9.97 Å². The molecule has 2 aromatic heterocycles. The highest BCUT2D eigenvalue weighted by Gasteiger charge is 2.10. The molecule has 3 rings (SSSR count). The fourth-order valence-corrected chi connectivity index (χ4v) is 3.00. The second kappa shape index (κ2) is 9.13. The van der Waals surface area contributed by atoms with Crippen molar-refractivity contribution >= 4 is 17.7 Å². The Hall–Kier alpha value is -2.69. The van der Waals surface area contributed by atoms with Crippen LogP contribution in [0.1, 0.15) is 42.5 Å². The number of pyridine rings is 2. The zero-order chi connectivity index (χ0) is 18.2. The van der Waals surface area contributed by atoms with Crippen molar-refractivity contribution in [2.75, 3.05) is 19.0 Å². The van der Waals surface area contributed by atoms with Crippen molar-refractivity contribution in [1.29, 1.82) is 0 Å². The van der Waals surface area contributed by atoms with E-state index in [1.807, 2.05) is 6.07 Å². The van der Waals surface area contributed by atoms with E-state index in [1.54, 1.807) is 31.5 Å². The number of carbonyl (C=O) groups is 1. The van der Waals surface area contributed by atoms with Gasteiger partial charge in [0, 0.05) is 30.9 Å².